The van der Waals surface area contributed by atoms with Gasteiger partial charge in [-0.15, -0.1) is 0 Å². The van der Waals surface area contributed by atoms with Crippen LogP contribution in [0.5, 0.6) is 0 Å². The minimum absolute atomic E-state index is 0.0133. The fraction of sp³-hybridized carbons (Fsp3) is 0.538. The maximum absolute atomic E-state index is 12.9. The van der Waals surface area contributed by atoms with E-state index in [1.807, 2.05) is 6.92 Å². The number of rotatable bonds is 7. The van der Waals surface area contributed by atoms with Crippen molar-refractivity contribution in [2.75, 3.05) is 20.3 Å². The van der Waals surface area contributed by atoms with E-state index in [2.05, 4.69) is 5.32 Å². The van der Waals surface area contributed by atoms with Crippen LogP contribution in [-0.4, -0.2) is 31.5 Å². The third kappa shape index (κ3) is 4.81. The van der Waals surface area contributed by atoms with Gasteiger partial charge in [-0.2, -0.15) is 0 Å². The number of nitrogens with one attached hydrogen (secondary N) is 1. The van der Waals surface area contributed by atoms with Crippen molar-refractivity contribution in [2.24, 2.45) is 0 Å². The largest absolute Gasteiger partial charge is 0.395 e. The van der Waals surface area contributed by atoms with Crippen molar-refractivity contribution in [3.05, 3.63) is 35.1 Å². The molecule has 1 aromatic carbocycles. The Hall–Kier alpha value is -0.970. The zero-order chi connectivity index (χ0) is 12.7. The van der Waals surface area contributed by atoms with Crippen LogP contribution in [0.2, 0.25) is 0 Å². The van der Waals surface area contributed by atoms with Gasteiger partial charge >= 0.3 is 0 Å². The molecule has 0 saturated heterocycles. The summed E-state index contributed by atoms with van der Waals surface area (Å²) in [7, 11) is 1.64. The first-order valence-corrected chi connectivity index (χ1v) is 5.75. The summed E-state index contributed by atoms with van der Waals surface area (Å²) in [5.41, 5.74) is 1.96. The normalized spacial score (nSPS) is 12.7. The summed E-state index contributed by atoms with van der Waals surface area (Å²) in [4.78, 5) is 0. The van der Waals surface area contributed by atoms with E-state index in [0.717, 1.165) is 17.5 Å². The topological polar surface area (TPSA) is 41.5 Å². The fourth-order valence-electron chi connectivity index (χ4n) is 1.63. The highest BCUT2D eigenvalue weighted by Gasteiger charge is 2.07. The zero-order valence-electron chi connectivity index (χ0n) is 10.4. The molecule has 0 aliphatic heterocycles. The lowest BCUT2D eigenvalue weighted by Gasteiger charge is -2.16. The molecule has 4 heteroatoms. The second kappa shape index (κ2) is 7.37. The van der Waals surface area contributed by atoms with Gasteiger partial charge in [-0.3, -0.25) is 0 Å². The minimum Gasteiger partial charge on any atom is -0.395 e. The minimum atomic E-state index is -0.218. The molecular weight excluding hydrogens is 221 g/mol. The molecule has 0 bridgehead atoms. The highest BCUT2D eigenvalue weighted by Crippen LogP contribution is 2.10. The molecule has 0 aromatic heterocycles. The van der Waals surface area contributed by atoms with Crippen LogP contribution < -0.4 is 5.32 Å². The molecule has 0 amide bonds. The Labute approximate surface area is 102 Å². The summed E-state index contributed by atoms with van der Waals surface area (Å²) in [6, 6.07) is 4.75. The van der Waals surface area contributed by atoms with Gasteiger partial charge in [0.05, 0.1) is 6.61 Å². The molecule has 0 aliphatic rings. The van der Waals surface area contributed by atoms with Crippen molar-refractivity contribution < 1.29 is 14.2 Å². The monoisotopic (exact) mass is 241 g/mol. The average Bonchev–Trinajstić information content (AvgIpc) is 2.31. The second-order valence-corrected chi connectivity index (χ2v) is 4.11. The first kappa shape index (κ1) is 14.1. The number of methoxy groups -OCH3 is 1. The van der Waals surface area contributed by atoms with E-state index >= 15 is 0 Å². The molecule has 0 heterocycles. The predicted molar refractivity (Wildman–Crippen MR) is 65.3 cm³/mol. The maximum Gasteiger partial charge on any atom is 0.123 e. The van der Waals surface area contributed by atoms with Gasteiger partial charge in [0.15, 0.2) is 0 Å². The van der Waals surface area contributed by atoms with Crippen molar-refractivity contribution in [2.45, 2.75) is 25.9 Å². The van der Waals surface area contributed by atoms with Gasteiger partial charge in [0, 0.05) is 26.3 Å². The second-order valence-electron chi connectivity index (χ2n) is 4.11. The quantitative estimate of drug-likeness (QED) is 0.762. The summed E-state index contributed by atoms with van der Waals surface area (Å²) in [5.74, 6) is -0.218. The third-order valence-electron chi connectivity index (χ3n) is 2.78. The Morgan fingerprint density at radius 2 is 2.24 bits per heavy atom. The summed E-state index contributed by atoms with van der Waals surface area (Å²) in [6.45, 7) is 3.19. The number of halogens is 1. The van der Waals surface area contributed by atoms with Crippen molar-refractivity contribution in [1.82, 2.24) is 5.32 Å². The lowest BCUT2D eigenvalue weighted by Crippen LogP contribution is -2.33. The highest BCUT2D eigenvalue weighted by molar-refractivity contribution is 5.26. The summed E-state index contributed by atoms with van der Waals surface area (Å²) < 4.78 is 17.9. The van der Waals surface area contributed by atoms with Crippen LogP contribution in [0.25, 0.3) is 0 Å². The van der Waals surface area contributed by atoms with E-state index in [-0.39, 0.29) is 18.5 Å². The molecule has 0 spiro atoms. The van der Waals surface area contributed by atoms with Crippen LogP contribution in [0.4, 0.5) is 4.39 Å². The number of ether oxygens (including phenoxy) is 1. The van der Waals surface area contributed by atoms with Crippen LogP contribution >= 0.6 is 0 Å². The van der Waals surface area contributed by atoms with Gasteiger partial charge in [0.2, 0.25) is 0 Å². The van der Waals surface area contributed by atoms with Crippen molar-refractivity contribution >= 4 is 0 Å². The fourth-order valence-corrected chi connectivity index (χ4v) is 1.63. The van der Waals surface area contributed by atoms with Crippen molar-refractivity contribution in [3.8, 4) is 0 Å². The maximum atomic E-state index is 12.9. The van der Waals surface area contributed by atoms with Gasteiger partial charge in [-0.05, 0) is 36.6 Å². The SMILES string of the molecule is COCCC(CO)NCc1ccc(F)cc1C. The number of aryl methyl sites for hydroxylation is 1. The molecule has 1 aromatic rings. The number of hydrogen-bond acceptors (Lipinski definition) is 3. The Morgan fingerprint density at radius 3 is 2.82 bits per heavy atom. The summed E-state index contributed by atoms with van der Waals surface area (Å²) in [6.07, 6.45) is 0.757. The summed E-state index contributed by atoms with van der Waals surface area (Å²) >= 11 is 0. The predicted octanol–water partition coefficient (Wildman–Crippen LogP) is 1.62. The number of aliphatic hydroxyl groups excluding tert-OH is 1. The molecule has 1 atom stereocenters. The molecule has 0 radical (unpaired) electrons. The van der Waals surface area contributed by atoms with E-state index in [0.29, 0.717) is 13.2 Å². The van der Waals surface area contributed by atoms with Gasteiger partial charge in [-0.1, -0.05) is 6.07 Å². The average molecular weight is 241 g/mol. The van der Waals surface area contributed by atoms with Gasteiger partial charge in [-0.25, -0.2) is 4.39 Å². The molecule has 17 heavy (non-hydrogen) atoms. The number of aliphatic hydroxyl groups is 1. The van der Waals surface area contributed by atoms with Crippen LogP contribution in [-0.2, 0) is 11.3 Å². The molecule has 1 unspecified atom stereocenters. The Kier molecular flexibility index (Phi) is 6.11. The molecule has 2 N–H and O–H groups in total. The summed E-state index contributed by atoms with van der Waals surface area (Å²) in [5, 5.41) is 12.4. The lowest BCUT2D eigenvalue weighted by molar-refractivity contribution is 0.159. The molecule has 0 aliphatic carbocycles. The lowest BCUT2D eigenvalue weighted by atomic mass is 10.1. The Morgan fingerprint density at radius 1 is 1.47 bits per heavy atom. The van der Waals surface area contributed by atoms with Gasteiger partial charge in [0.1, 0.15) is 5.82 Å². The van der Waals surface area contributed by atoms with Crippen molar-refractivity contribution in [1.29, 1.82) is 0 Å². The van der Waals surface area contributed by atoms with E-state index < -0.39 is 0 Å². The third-order valence-corrected chi connectivity index (χ3v) is 2.78. The smallest absolute Gasteiger partial charge is 0.123 e. The van der Waals surface area contributed by atoms with Crippen LogP contribution in [0, 0.1) is 12.7 Å². The zero-order valence-corrected chi connectivity index (χ0v) is 10.4. The van der Waals surface area contributed by atoms with Crippen LogP contribution in [0.1, 0.15) is 17.5 Å². The van der Waals surface area contributed by atoms with E-state index in [4.69, 9.17) is 9.84 Å². The molecule has 0 fully saturated rings. The first-order valence-electron chi connectivity index (χ1n) is 5.75. The Bertz CT molecular complexity index is 344. The molecule has 96 valence electrons. The number of benzene rings is 1. The van der Waals surface area contributed by atoms with Crippen molar-refractivity contribution in [3.63, 3.8) is 0 Å². The molecule has 1 rings (SSSR count). The standard InChI is InChI=1S/C13H20FNO2/c1-10-7-12(14)4-3-11(10)8-15-13(9-16)5-6-17-2/h3-4,7,13,15-16H,5-6,8-9H2,1-2H3. The highest BCUT2D eigenvalue weighted by atomic mass is 19.1. The molecule has 0 saturated carbocycles. The first-order chi connectivity index (χ1) is 8.17. The van der Waals surface area contributed by atoms with E-state index in [9.17, 15) is 4.39 Å². The van der Waals surface area contributed by atoms with Crippen LogP contribution in [0.3, 0.4) is 0 Å². The number of hydrogen-bond donors (Lipinski definition) is 2. The van der Waals surface area contributed by atoms with E-state index in [1.165, 1.54) is 12.1 Å². The molecular formula is C13H20FNO2. The van der Waals surface area contributed by atoms with Gasteiger partial charge < -0.3 is 15.2 Å². The van der Waals surface area contributed by atoms with Crippen LogP contribution in [0.15, 0.2) is 18.2 Å². The van der Waals surface area contributed by atoms with E-state index in [1.54, 1.807) is 13.2 Å². The van der Waals surface area contributed by atoms with Gasteiger partial charge in [0.25, 0.3) is 0 Å². The molecule has 3 nitrogen and oxygen atoms in total. The Balaban J connectivity index is 2.47.